The van der Waals surface area contributed by atoms with Gasteiger partial charge in [-0.15, -0.1) is 0 Å². The molecule has 0 radical (unpaired) electrons. The fourth-order valence-electron chi connectivity index (χ4n) is 13.2. The Morgan fingerprint density at radius 2 is 0.670 bits per heavy atom. The average Bonchev–Trinajstić information content (AvgIpc) is 3.21. The van der Waals surface area contributed by atoms with E-state index in [4.69, 9.17) is 9.47 Å². The number of ether oxygens (including phenoxy) is 2. The van der Waals surface area contributed by atoms with Crippen LogP contribution in [0.4, 0.5) is 4.39 Å². The first kappa shape index (κ1) is 82.8. The molecule has 5 aliphatic rings. The first-order valence-electron chi connectivity index (χ1n) is 34.5. The maximum atomic E-state index is 12.8. The number of aryl methyl sites for hydroxylation is 1. The Morgan fingerprint density at radius 3 is 1.02 bits per heavy atom. The van der Waals surface area contributed by atoms with Crippen LogP contribution >= 0.6 is 0 Å². The number of likely N-dealkylation sites (tertiary alicyclic amines) is 5. The lowest BCUT2D eigenvalue weighted by atomic mass is 9.88. The van der Waals surface area contributed by atoms with Crippen LogP contribution in [0, 0.1) is 30.5 Å². The van der Waals surface area contributed by atoms with Crippen molar-refractivity contribution in [2.75, 3.05) is 78.7 Å². The van der Waals surface area contributed by atoms with Crippen LogP contribution in [0.1, 0.15) is 215 Å². The molecule has 5 aromatic carbocycles. The Labute approximate surface area is 560 Å². The number of hydrogen-bond acceptors (Lipinski definition) is 8. The van der Waals surface area contributed by atoms with Crippen molar-refractivity contribution in [1.82, 2.24) is 24.5 Å². The van der Waals surface area contributed by atoms with E-state index in [-0.39, 0.29) is 41.6 Å². The lowest BCUT2D eigenvalue weighted by Gasteiger charge is -2.35. The van der Waals surface area contributed by atoms with Gasteiger partial charge in [-0.3, -0.25) is 0 Å². The van der Waals surface area contributed by atoms with Crippen LogP contribution in [-0.2, 0) is 29.1 Å². The van der Waals surface area contributed by atoms with Crippen molar-refractivity contribution in [2.24, 2.45) is 17.8 Å². The molecule has 0 aromatic heterocycles. The zero-order valence-corrected chi connectivity index (χ0v) is 56.4. The van der Waals surface area contributed by atoms with Gasteiger partial charge in [0.2, 0.25) is 0 Å². The van der Waals surface area contributed by atoms with Crippen LogP contribution < -0.4 is 0 Å². The third-order valence-electron chi connectivity index (χ3n) is 19.4. The van der Waals surface area contributed by atoms with Crippen LogP contribution in [0.3, 0.4) is 0 Å². The molecule has 5 fully saturated rings. The van der Waals surface area contributed by atoms with E-state index < -0.39 is 0 Å². The van der Waals surface area contributed by atoms with Crippen LogP contribution in [0.2, 0.25) is 0 Å². The summed E-state index contributed by atoms with van der Waals surface area (Å²) in [6.07, 6.45) is 14.4. The van der Waals surface area contributed by atoms with Gasteiger partial charge in [0.05, 0.1) is 19.3 Å². The zero-order chi connectivity index (χ0) is 62.3. The molecular weight excluding hydrogens is 1120 g/mol. The molecule has 0 amide bonds. The summed E-state index contributed by atoms with van der Waals surface area (Å²) in [5, 5.41) is 10.2. The minimum absolute atomic E-state index is 0. The van der Waals surface area contributed by atoms with Crippen molar-refractivity contribution in [3.8, 4) is 0 Å². The number of rotatable bonds is 19. The molecule has 5 heterocycles. The number of aliphatic hydroxyl groups excluding tert-OH is 1. The summed E-state index contributed by atoms with van der Waals surface area (Å²) in [5.41, 5.74) is 7.99. The molecule has 1 atom stereocenters. The summed E-state index contributed by atoms with van der Waals surface area (Å²) in [6, 6.07) is 50.8. The third kappa shape index (κ3) is 31.7. The van der Waals surface area contributed by atoms with Crippen LogP contribution in [0.15, 0.2) is 140 Å². The van der Waals surface area contributed by atoms with Gasteiger partial charge in [-0.25, -0.2) is 4.39 Å². The minimum atomic E-state index is -0.190. The number of piperidine rings is 5. The van der Waals surface area contributed by atoms with Crippen LogP contribution in [-0.4, -0.2) is 145 Å². The molecule has 5 aliphatic heterocycles. The summed E-state index contributed by atoms with van der Waals surface area (Å²) in [4.78, 5) is 12.8. The van der Waals surface area contributed by atoms with Crippen molar-refractivity contribution in [2.45, 2.75) is 244 Å². The van der Waals surface area contributed by atoms with Gasteiger partial charge >= 0.3 is 0 Å². The Morgan fingerprint density at radius 1 is 0.374 bits per heavy atom. The van der Waals surface area contributed by atoms with E-state index >= 15 is 0 Å². The lowest BCUT2D eigenvalue weighted by molar-refractivity contribution is 0.0513. The van der Waals surface area contributed by atoms with Crippen LogP contribution in [0.5, 0.6) is 0 Å². The number of halogens is 1. The highest BCUT2D eigenvalue weighted by molar-refractivity contribution is 5.25. The SMILES string of the molecule is C.C.C.C.CC(C)N1CCC(CC(O)Cc2ccccc2)CC1.CC(C)N1CCC(COCc2ccc(F)cc2)CC1.CC(C)N1CCC(COCc2ccccc2)CC1.CC(C)N1CCC(c2ccccc2)CC1.Cc1ccc(C2CCN(C(C)C)CC2)cc1. The molecule has 1 N–H and O–H groups in total. The second-order valence-electron chi connectivity index (χ2n) is 27.6. The highest BCUT2D eigenvalue weighted by Crippen LogP contribution is 2.31. The van der Waals surface area contributed by atoms with E-state index in [1.807, 2.05) is 24.3 Å². The fourth-order valence-corrected chi connectivity index (χ4v) is 13.2. The molecule has 1 unspecified atom stereocenters. The summed E-state index contributed by atoms with van der Waals surface area (Å²) in [7, 11) is 0. The van der Waals surface area contributed by atoms with Gasteiger partial charge in [0.25, 0.3) is 0 Å². The first-order chi connectivity index (χ1) is 42.0. The fraction of sp³-hybridized carbons (Fsp3) is 0.634. The van der Waals surface area contributed by atoms with Crippen molar-refractivity contribution < 1.29 is 19.0 Å². The van der Waals surface area contributed by atoms with Crippen molar-refractivity contribution in [3.05, 3.63) is 179 Å². The van der Waals surface area contributed by atoms with E-state index in [1.54, 1.807) is 12.1 Å². The van der Waals surface area contributed by atoms with Gasteiger partial charge in [-0.1, -0.05) is 163 Å². The number of hydrogen-bond donors (Lipinski definition) is 1. The largest absolute Gasteiger partial charge is 0.393 e. The standard InChI is InChI=1S/C17H27NO.C16H24FNO.C16H25NO.C15H23N.C14H21N.4CH4/c1-14(2)18-10-8-16(9-11-18)13-17(19)12-15-6-4-3-5-7-15;1-13(2)18-9-7-15(8-10-18)12-19-11-14-3-5-16(17)6-4-14;1-14(2)17-10-8-16(9-11-17)13-18-12-15-6-4-3-5-7-15;1-12(2)16-10-8-15(9-11-16)14-6-4-13(3)5-7-14;1-12(2)15-10-8-14(9-11-15)13-6-4-3-5-7-13;;;;/h3-7,14,16-17,19H,8-13H2,1-2H3;3-6,13,15H,7-12H2,1-2H3;3-7,14,16H,8-13H2,1-2H3;4-7,12,15H,8-11H2,1-3H3;3-7,12,14H,8-11H2,1-2H3;4*1H4. The van der Waals surface area contributed by atoms with Gasteiger partial charge in [0.1, 0.15) is 5.82 Å². The van der Waals surface area contributed by atoms with Crippen molar-refractivity contribution >= 4 is 0 Å². The smallest absolute Gasteiger partial charge is 0.123 e. The predicted octanol–water partition coefficient (Wildman–Crippen LogP) is 19.3. The average molecular weight is 1260 g/mol. The van der Waals surface area contributed by atoms with E-state index in [0.717, 1.165) is 56.0 Å². The minimum Gasteiger partial charge on any atom is -0.393 e. The van der Waals surface area contributed by atoms with E-state index in [9.17, 15) is 9.50 Å². The molecule has 9 heteroatoms. The molecular formula is C82H136FN5O3. The van der Waals surface area contributed by atoms with Gasteiger partial charge in [0.15, 0.2) is 0 Å². The summed E-state index contributed by atoms with van der Waals surface area (Å²) in [6.45, 7) is 40.3. The van der Waals surface area contributed by atoms with Gasteiger partial charge in [-0.2, -0.15) is 0 Å². The maximum Gasteiger partial charge on any atom is 0.123 e. The maximum absolute atomic E-state index is 12.8. The molecule has 0 bridgehead atoms. The summed E-state index contributed by atoms with van der Waals surface area (Å²) < 4.78 is 24.3. The second kappa shape index (κ2) is 45.9. The summed E-state index contributed by atoms with van der Waals surface area (Å²) >= 11 is 0. The van der Waals surface area contributed by atoms with Gasteiger partial charge in [-0.05, 0) is 288 Å². The zero-order valence-electron chi connectivity index (χ0n) is 56.4. The topological polar surface area (TPSA) is 54.9 Å². The Hall–Kier alpha value is -4.29. The van der Waals surface area contributed by atoms with E-state index in [0.29, 0.717) is 48.7 Å². The number of aliphatic hydroxyl groups is 1. The molecule has 5 aromatic rings. The predicted molar refractivity (Wildman–Crippen MR) is 393 cm³/mol. The number of nitrogens with zero attached hydrogens (tertiary/aromatic N) is 5. The Bertz CT molecular complexity index is 2470. The molecule has 10 rings (SSSR count). The van der Waals surface area contributed by atoms with E-state index in [2.05, 4.69) is 192 Å². The summed E-state index contributed by atoms with van der Waals surface area (Å²) in [5.74, 6) is 3.52. The quantitative estimate of drug-likeness (QED) is 0.0878. The lowest BCUT2D eigenvalue weighted by Crippen LogP contribution is -2.39. The molecule has 5 saturated heterocycles. The van der Waals surface area contributed by atoms with Crippen molar-refractivity contribution in [3.63, 3.8) is 0 Å². The number of benzene rings is 5. The highest BCUT2D eigenvalue weighted by Gasteiger charge is 2.26. The molecule has 0 spiro atoms. The molecule has 91 heavy (non-hydrogen) atoms. The molecule has 0 aliphatic carbocycles. The van der Waals surface area contributed by atoms with Gasteiger partial charge in [0, 0.05) is 43.4 Å². The highest BCUT2D eigenvalue weighted by atomic mass is 19.1. The van der Waals surface area contributed by atoms with Crippen LogP contribution in [0.25, 0.3) is 0 Å². The first-order valence-corrected chi connectivity index (χ1v) is 34.5. The molecule has 514 valence electrons. The van der Waals surface area contributed by atoms with Gasteiger partial charge < -0.3 is 39.1 Å². The molecule has 0 saturated carbocycles. The monoisotopic (exact) mass is 1260 g/mol. The normalized spacial score (nSPS) is 18.2. The third-order valence-corrected chi connectivity index (χ3v) is 19.4. The Balaban J connectivity index is 0.000000384. The van der Waals surface area contributed by atoms with Crippen molar-refractivity contribution in [1.29, 1.82) is 0 Å². The molecule has 8 nitrogen and oxygen atoms in total. The van der Waals surface area contributed by atoms with E-state index in [1.165, 1.54) is 170 Å². The second-order valence-corrected chi connectivity index (χ2v) is 27.6. The Kier molecular flexibility index (Phi) is 41.8.